The number of carbonyl (C=O) groups is 1. The lowest BCUT2D eigenvalue weighted by molar-refractivity contribution is -0.121. The molecule has 0 fully saturated rings. The van der Waals surface area contributed by atoms with Crippen molar-refractivity contribution in [2.24, 2.45) is 5.73 Å². The summed E-state index contributed by atoms with van der Waals surface area (Å²) < 4.78 is 12.4. The number of amides is 1. The van der Waals surface area contributed by atoms with Gasteiger partial charge in [-0.1, -0.05) is 6.07 Å². The van der Waals surface area contributed by atoms with Gasteiger partial charge in [-0.3, -0.25) is 14.2 Å². The van der Waals surface area contributed by atoms with Crippen molar-refractivity contribution < 1.29 is 14.3 Å². The Morgan fingerprint density at radius 2 is 2.08 bits per heavy atom. The van der Waals surface area contributed by atoms with Gasteiger partial charge in [0.25, 0.3) is 0 Å². The van der Waals surface area contributed by atoms with E-state index in [0.717, 1.165) is 16.9 Å². The summed E-state index contributed by atoms with van der Waals surface area (Å²) in [4.78, 5) is 20.5. The predicted molar refractivity (Wildman–Crippen MR) is 95.9 cm³/mol. The van der Waals surface area contributed by atoms with Crippen LogP contribution in [0.5, 0.6) is 11.5 Å². The highest BCUT2D eigenvalue weighted by Gasteiger charge is 2.15. The van der Waals surface area contributed by atoms with E-state index in [1.807, 2.05) is 10.5 Å². The van der Waals surface area contributed by atoms with Crippen LogP contribution in [0.25, 0.3) is 5.65 Å². The highest BCUT2D eigenvalue weighted by atomic mass is 16.5. The van der Waals surface area contributed by atoms with Crippen molar-refractivity contribution in [2.45, 2.75) is 19.0 Å². The zero-order valence-electron chi connectivity index (χ0n) is 14.7. The molecule has 0 bridgehead atoms. The molecule has 2 aromatic heterocycles. The number of nitrogens with two attached hydrogens (primary N) is 1. The van der Waals surface area contributed by atoms with E-state index in [4.69, 9.17) is 15.2 Å². The maximum Gasteiger partial charge on any atom is 0.222 e. The molecular weight excluding hydrogens is 334 g/mol. The van der Waals surface area contributed by atoms with Crippen LogP contribution in [0.15, 0.2) is 43.0 Å². The lowest BCUT2D eigenvalue weighted by Crippen LogP contribution is -2.27. The van der Waals surface area contributed by atoms with Crippen LogP contribution < -0.4 is 20.5 Å². The molecule has 0 spiro atoms. The number of hydrogen-bond donors (Lipinski definition) is 2. The molecule has 8 nitrogen and oxygen atoms in total. The van der Waals surface area contributed by atoms with E-state index in [9.17, 15) is 4.79 Å². The van der Waals surface area contributed by atoms with E-state index in [2.05, 4.69) is 15.3 Å². The fourth-order valence-corrected chi connectivity index (χ4v) is 2.69. The minimum Gasteiger partial charge on any atom is -0.493 e. The van der Waals surface area contributed by atoms with Gasteiger partial charge in [0.15, 0.2) is 17.1 Å². The number of rotatable bonds is 7. The van der Waals surface area contributed by atoms with Crippen molar-refractivity contribution in [1.82, 2.24) is 19.7 Å². The van der Waals surface area contributed by atoms with Crippen LogP contribution >= 0.6 is 0 Å². The molecule has 8 heteroatoms. The molecule has 26 heavy (non-hydrogen) atoms. The summed E-state index contributed by atoms with van der Waals surface area (Å²) in [6.45, 7) is 0.364. The van der Waals surface area contributed by atoms with Crippen molar-refractivity contribution >= 4 is 11.6 Å². The number of benzene rings is 1. The standard InChI is InChI=1S/C18H21N5O3/c1-25-15-4-3-12(7-16(15)26-2)14(19)8-18(24)22-10-13-9-21-17-11-20-5-6-23(13)17/h3-7,9,11,14H,8,10,19H2,1-2H3,(H,22,24). The number of methoxy groups -OCH3 is 2. The van der Waals surface area contributed by atoms with E-state index >= 15 is 0 Å². The van der Waals surface area contributed by atoms with Crippen LogP contribution in [0.4, 0.5) is 0 Å². The van der Waals surface area contributed by atoms with Crippen LogP contribution in [-0.2, 0) is 11.3 Å². The second-order valence-corrected chi connectivity index (χ2v) is 5.76. The van der Waals surface area contributed by atoms with Gasteiger partial charge in [-0.2, -0.15) is 0 Å². The summed E-state index contributed by atoms with van der Waals surface area (Å²) in [5, 5.41) is 2.87. The maximum absolute atomic E-state index is 12.2. The molecule has 0 saturated carbocycles. The molecule has 2 heterocycles. The molecule has 136 valence electrons. The lowest BCUT2D eigenvalue weighted by atomic mass is 10.0. The Kier molecular flexibility index (Phi) is 5.33. The molecule has 0 aliphatic rings. The van der Waals surface area contributed by atoms with Crippen LogP contribution in [0.3, 0.4) is 0 Å². The Hall–Kier alpha value is -3.13. The number of fused-ring (bicyclic) bond motifs is 1. The minimum atomic E-state index is -0.443. The molecule has 3 aromatic rings. The molecule has 1 amide bonds. The summed E-state index contributed by atoms with van der Waals surface area (Å²) in [5.74, 6) is 1.06. The van der Waals surface area contributed by atoms with Crippen molar-refractivity contribution in [3.05, 3.63) is 54.2 Å². The average molecular weight is 355 g/mol. The maximum atomic E-state index is 12.2. The van der Waals surface area contributed by atoms with Gasteiger partial charge in [0.2, 0.25) is 5.91 Å². The molecule has 0 saturated heterocycles. The smallest absolute Gasteiger partial charge is 0.222 e. The van der Waals surface area contributed by atoms with Crippen molar-refractivity contribution in [2.75, 3.05) is 14.2 Å². The second-order valence-electron chi connectivity index (χ2n) is 5.76. The molecule has 0 aliphatic carbocycles. The second kappa shape index (κ2) is 7.83. The van der Waals surface area contributed by atoms with Crippen molar-refractivity contribution in [3.63, 3.8) is 0 Å². The van der Waals surface area contributed by atoms with Gasteiger partial charge in [-0.15, -0.1) is 0 Å². The van der Waals surface area contributed by atoms with Crippen molar-refractivity contribution in [3.8, 4) is 11.5 Å². The number of imidazole rings is 1. The van der Waals surface area contributed by atoms with E-state index in [1.54, 1.807) is 51.1 Å². The number of nitrogens with one attached hydrogen (secondary N) is 1. The zero-order valence-corrected chi connectivity index (χ0v) is 14.7. The summed E-state index contributed by atoms with van der Waals surface area (Å²) in [6.07, 6.45) is 7.02. The normalized spacial score (nSPS) is 12.0. The Labute approximate surface area is 151 Å². The first-order valence-electron chi connectivity index (χ1n) is 8.12. The topological polar surface area (TPSA) is 104 Å². The first-order chi connectivity index (χ1) is 12.6. The molecule has 1 aromatic carbocycles. The number of carbonyl (C=O) groups excluding carboxylic acids is 1. The van der Waals surface area contributed by atoms with Crippen LogP contribution in [0.2, 0.25) is 0 Å². The van der Waals surface area contributed by atoms with E-state index in [0.29, 0.717) is 18.0 Å². The first-order valence-corrected chi connectivity index (χ1v) is 8.12. The van der Waals surface area contributed by atoms with Gasteiger partial charge in [0.1, 0.15) is 0 Å². The number of ether oxygens (including phenoxy) is 2. The van der Waals surface area contributed by atoms with Gasteiger partial charge in [0.05, 0.1) is 38.9 Å². The van der Waals surface area contributed by atoms with Crippen LogP contribution in [0, 0.1) is 0 Å². The number of aromatic nitrogens is 3. The SMILES string of the molecule is COc1ccc(C(N)CC(=O)NCc2cnc3cnccn23)cc1OC. The van der Waals surface area contributed by atoms with E-state index in [-0.39, 0.29) is 12.3 Å². The number of hydrogen-bond acceptors (Lipinski definition) is 6. The molecule has 0 radical (unpaired) electrons. The third kappa shape index (κ3) is 3.75. The number of nitrogens with zero attached hydrogens (tertiary/aromatic N) is 3. The summed E-state index contributed by atoms with van der Waals surface area (Å²) in [6, 6.07) is 4.95. The highest BCUT2D eigenvalue weighted by molar-refractivity contribution is 5.76. The fourth-order valence-electron chi connectivity index (χ4n) is 2.69. The van der Waals surface area contributed by atoms with Gasteiger partial charge in [-0.05, 0) is 17.7 Å². The third-order valence-corrected chi connectivity index (χ3v) is 4.10. The molecule has 3 rings (SSSR count). The summed E-state index contributed by atoms with van der Waals surface area (Å²) in [7, 11) is 3.13. The van der Waals surface area contributed by atoms with Crippen LogP contribution in [0.1, 0.15) is 23.7 Å². The molecular formula is C18H21N5O3. The van der Waals surface area contributed by atoms with E-state index in [1.165, 1.54) is 0 Å². The lowest BCUT2D eigenvalue weighted by Gasteiger charge is -2.15. The highest BCUT2D eigenvalue weighted by Crippen LogP contribution is 2.30. The Balaban J connectivity index is 1.61. The van der Waals surface area contributed by atoms with Gasteiger partial charge < -0.3 is 20.5 Å². The Morgan fingerprint density at radius 1 is 1.27 bits per heavy atom. The monoisotopic (exact) mass is 355 g/mol. The third-order valence-electron chi connectivity index (χ3n) is 4.10. The largest absolute Gasteiger partial charge is 0.493 e. The van der Waals surface area contributed by atoms with Crippen LogP contribution in [-0.4, -0.2) is 34.5 Å². The first kappa shape index (κ1) is 17.7. The Bertz CT molecular complexity index is 909. The molecule has 0 aliphatic heterocycles. The summed E-state index contributed by atoms with van der Waals surface area (Å²) >= 11 is 0. The van der Waals surface area contributed by atoms with E-state index < -0.39 is 6.04 Å². The molecule has 1 unspecified atom stereocenters. The minimum absolute atomic E-state index is 0.142. The predicted octanol–water partition coefficient (Wildman–Crippen LogP) is 1.45. The summed E-state index contributed by atoms with van der Waals surface area (Å²) in [5.41, 5.74) is 8.58. The fraction of sp³-hybridized carbons (Fsp3) is 0.278. The zero-order chi connectivity index (χ0) is 18.5. The van der Waals surface area contributed by atoms with Gasteiger partial charge in [0, 0.05) is 24.9 Å². The quantitative estimate of drug-likeness (QED) is 0.665. The van der Waals surface area contributed by atoms with Gasteiger partial charge >= 0.3 is 0 Å². The molecule has 1 atom stereocenters. The van der Waals surface area contributed by atoms with Crippen molar-refractivity contribution in [1.29, 1.82) is 0 Å². The average Bonchev–Trinajstić information content (AvgIpc) is 3.09. The van der Waals surface area contributed by atoms with Gasteiger partial charge in [-0.25, -0.2) is 4.98 Å². The Morgan fingerprint density at radius 3 is 2.85 bits per heavy atom. The molecule has 3 N–H and O–H groups in total.